The van der Waals surface area contributed by atoms with Gasteiger partial charge in [-0.1, -0.05) is 18.2 Å². The maximum atomic E-state index is 5.97. The highest BCUT2D eigenvalue weighted by molar-refractivity contribution is 14.0. The summed E-state index contributed by atoms with van der Waals surface area (Å²) in [5.74, 6) is 2.54. The van der Waals surface area contributed by atoms with Crippen molar-refractivity contribution >= 4 is 29.9 Å². The summed E-state index contributed by atoms with van der Waals surface area (Å²) in [6, 6.07) is 8.22. The molecule has 0 saturated heterocycles. The Labute approximate surface area is 178 Å². The molecule has 0 spiro atoms. The number of hydrogen-bond donors (Lipinski definition) is 2. The van der Waals surface area contributed by atoms with Gasteiger partial charge in [-0.2, -0.15) is 5.10 Å². The molecule has 0 radical (unpaired) electrons. The van der Waals surface area contributed by atoms with E-state index < -0.39 is 0 Å². The Morgan fingerprint density at radius 1 is 1.30 bits per heavy atom. The summed E-state index contributed by atoms with van der Waals surface area (Å²) >= 11 is 0. The minimum Gasteiger partial charge on any atom is -0.493 e. The van der Waals surface area contributed by atoms with Crippen LogP contribution < -0.4 is 15.4 Å². The van der Waals surface area contributed by atoms with E-state index in [4.69, 9.17) is 4.74 Å². The average molecular weight is 483 g/mol. The summed E-state index contributed by atoms with van der Waals surface area (Å²) in [5, 5.41) is 10.9. The van der Waals surface area contributed by atoms with Crippen LogP contribution in [0.2, 0.25) is 0 Å². The Bertz CT molecular complexity index is 727. The fraction of sp³-hybridized carbons (Fsp3) is 0.500. The Hall–Kier alpha value is -1.77. The Morgan fingerprint density at radius 2 is 2.11 bits per heavy atom. The van der Waals surface area contributed by atoms with Gasteiger partial charge in [0, 0.05) is 38.9 Å². The minimum absolute atomic E-state index is 0. The van der Waals surface area contributed by atoms with Gasteiger partial charge < -0.3 is 15.4 Å². The summed E-state index contributed by atoms with van der Waals surface area (Å²) in [6.07, 6.45) is 8.63. The Morgan fingerprint density at radius 3 is 2.81 bits per heavy atom. The molecule has 0 atom stereocenters. The number of aryl methyl sites for hydroxylation is 2. The Balaban J connectivity index is 0.00000261. The van der Waals surface area contributed by atoms with Crippen LogP contribution in [0, 0.1) is 5.92 Å². The van der Waals surface area contributed by atoms with Gasteiger partial charge in [0.15, 0.2) is 5.96 Å². The lowest BCUT2D eigenvalue weighted by molar-refractivity contribution is 0.296. The van der Waals surface area contributed by atoms with Gasteiger partial charge in [-0.25, -0.2) is 0 Å². The second kappa shape index (κ2) is 11.2. The summed E-state index contributed by atoms with van der Waals surface area (Å²) in [5.41, 5.74) is 2.42. The molecule has 27 heavy (non-hydrogen) atoms. The molecule has 2 aromatic rings. The number of rotatable bonds is 9. The van der Waals surface area contributed by atoms with Crippen LogP contribution in [-0.2, 0) is 20.0 Å². The molecular weight excluding hydrogens is 453 g/mol. The van der Waals surface area contributed by atoms with Crippen LogP contribution in [0.15, 0.2) is 41.7 Å². The third-order valence-electron chi connectivity index (χ3n) is 4.51. The monoisotopic (exact) mass is 483 g/mol. The topological polar surface area (TPSA) is 63.5 Å². The fourth-order valence-corrected chi connectivity index (χ4v) is 2.78. The van der Waals surface area contributed by atoms with Gasteiger partial charge in [0.2, 0.25) is 0 Å². The number of halogens is 1. The van der Waals surface area contributed by atoms with Gasteiger partial charge in [-0.15, -0.1) is 24.0 Å². The number of nitrogens with one attached hydrogen (secondary N) is 2. The average Bonchev–Trinajstić information content (AvgIpc) is 3.40. The number of aliphatic imine (C=N–C) groups is 1. The molecule has 0 unspecified atom stereocenters. The molecule has 2 N–H and O–H groups in total. The van der Waals surface area contributed by atoms with E-state index >= 15 is 0 Å². The summed E-state index contributed by atoms with van der Waals surface area (Å²) in [4.78, 5) is 4.30. The molecule has 1 heterocycles. The lowest BCUT2D eigenvalue weighted by Crippen LogP contribution is -2.37. The first kappa shape index (κ1) is 21.5. The zero-order chi connectivity index (χ0) is 18.2. The van der Waals surface area contributed by atoms with Gasteiger partial charge in [-0.05, 0) is 43.2 Å². The van der Waals surface area contributed by atoms with Gasteiger partial charge in [0.1, 0.15) is 5.75 Å². The van der Waals surface area contributed by atoms with E-state index in [1.165, 1.54) is 18.4 Å². The van der Waals surface area contributed by atoms with Crippen LogP contribution in [0.3, 0.4) is 0 Å². The van der Waals surface area contributed by atoms with Crippen LogP contribution in [0.25, 0.3) is 0 Å². The van der Waals surface area contributed by atoms with Crippen molar-refractivity contribution in [2.75, 3.05) is 20.2 Å². The van der Waals surface area contributed by atoms with Crippen LogP contribution in [-0.4, -0.2) is 35.9 Å². The van der Waals surface area contributed by atoms with Gasteiger partial charge >= 0.3 is 0 Å². The molecule has 1 aliphatic carbocycles. The molecule has 1 fully saturated rings. The first-order valence-electron chi connectivity index (χ1n) is 9.37. The van der Waals surface area contributed by atoms with E-state index in [1.807, 2.05) is 36.1 Å². The second-order valence-electron chi connectivity index (χ2n) is 6.84. The number of ether oxygens (including phenoxy) is 1. The van der Waals surface area contributed by atoms with Crippen molar-refractivity contribution in [1.29, 1.82) is 0 Å². The number of guanidine groups is 1. The summed E-state index contributed by atoms with van der Waals surface area (Å²) < 4.78 is 7.81. The molecule has 1 aromatic carbocycles. The first-order valence-corrected chi connectivity index (χ1v) is 9.37. The van der Waals surface area contributed by atoms with E-state index in [1.54, 1.807) is 7.05 Å². The first-order chi connectivity index (χ1) is 12.7. The molecular formula is C20H30IN5O. The number of benzene rings is 1. The zero-order valence-electron chi connectivity index (χ0n) is 16.1. The van der Waals surface area contributed by atoms with Gasteiger partial charge in [0.05, 0.1) is 12.8 Å². The highest BCUT2D eigenvalue weighted by Crippen LogP contribution is 2.30. The summed E-state index contributed by atoms with van der Waals surface area (Å²) in [7, 11) is 3.74. The van der Waals surface area contributed by atoms with Crippen molar-refractivity contribution in [2.24, 2.45) is 18.0 Å². The maximum Gasteiger partial charge on any atom is 0.191 e. The predicted molar refractivity (Wildman–Crippen MR) is 120 cm³/mol. The molecule has 1 aliphatic rings. The third kappa shape index (κ3) is 7.40. The van der Waals surface area contributed by atoms with Crippen molar-refractivity contribution in [2.45, 2.75) is 32.2 Å². The molecule has 0 amide bonds. The normalized spacial score (nSPS) is 13.8. The van der Waals surface area contributed by atoms with E-state index in [-0.39, 0.29) is 24.0 Å². The molecule has 3 rings (SSSR count). The molecule has 1 aromatic heterocycles. The standard InChI is InChI=1S/C20H29N5O.HI/c1-21-20(22-11-5-6-17-12-24-25(2)14-17)23-13-18-7-3-4-8-19(18)26-15-16-9-10-16;/h3-4,7-8,12,14,16H,5-6,9-11,13,15H2,1-2H3,(H2,21,22,23);1H. The van der Waals surface area contributed by atoms with Crippen molar-refractivity contribution in [1.82, 2.24) is 20.4 Å². The molecule has 0 aliphatic heterocycles. The van der Waals surface area contributed by atoms with Crippen LogP contribution in [0.4, 0.5) is 0 Å². The Kier molecular flexibility index (Phi) is 8.90. The minimum atomic E-state index is 0. The maximum absolute atomic E-state index is 5.97. The molecule has 6 nitrogen and oxygen atoms in total. The number of nitrogens with zero attached hydrogens (tertiary/aromatic N) is 3. The van der Waals surface area contributed by atoms with E-state index in [2.05, 4.69) is 33.0 Å². The van der Waals surface area contributed by atoms with Gasteiger partial charge in [0.25, 0.3) is 0 Å². The zero-order valence-corrected chi connectivity index (χ0v) is 18.5. The number of hydrogen-bond acceptors (Lipinski definition) is 3. The number of aromatic nitrogens is 2. The quantitative estimate of drug-likeness (QED) is 0.249. The summed E-state index contributed by atoms with van der Waals surface area (Å²) in [6.45, 7) is 2.40. The van der Waals surface area contributed by atoms with Crippen molar-refractivity contribution < 1.29 is 4.74 Å². The SMILES string of the molecule is CN=C(NCCCc1cnn(C)c1)NCc1ccccc1OCC1CC1.I. The van der Waals surface area contributed by atoms with Crippen molar-refractivity contribution in [3.05, 3.63) is 47.8 Å². The molecule has 0 bridgehead atoms. The van der Waals surface area contributed by atoms with Crippen molar-refractivity contribution in [3.63, 3.8) is 0 Å². The lowest BCUT2D eigenvalue weighted by Gasteiger charge is -2.14. The predicted octanol–water partition coefficient (Wildman–Crippen LogP) is 3.12. The highest BCUT2D eigenvalue weighted by Gasteiger charge is 2.22. The second-order valence-corrected chi connectivity index (χ2v) is 6.84. The van der Waals surface area contributed by atoms with Crippen LogP contribution in [0.1, 0.15) is 30.4 Å². The largest absolute Gasteiger partial charge is 0.493 e. The lowest BCUT2D eigenvalue weighted by atomic mass is 10.2. The molecule has 7 heteroatoms. The smallest absolute Gasteiger partial charge is 0.191 e. The molecule has 148 valence electrons. The van der Waals surface area contributed by atoms with Crippen LogP contribution >= 0.6 is 24.0 Å². The molecule has 1 saturated carbocycles. The van der Waals surface area contributed by atoms with E-state index in [9.17, 15) is 0 Å². The van der Waals surface area contributed by atoms with Crippen LogP contribution in [0.5, 0.6) is 5.75 Å². The fourth-order valence-electron chi connectivity index (χ4n) is 2.78. The van der Waals surface area contributed by atoms with Gasteiger partial charge in [-0.3, -0.25) is 9.67 Å². The van der Waals surface area contributed by atoms with Crippen molar-refractivity contribution in [3.8, 4) is 5.75 Å². The van der Waals surface area contributed by atoms with E-state index in [0.717, 1.165) is 49.2 Å². The number of para-hydroxylation sites is 1. The van der Waals surface area contributed by atoms with E-state index in [0.29, 0.717) is 6.54 Å². The highest BCUT2D eigenvalue weighted by atomic mass is 127. The third-order valence-corrected chi connectivity index (χ3v) is 4.51.